The molecule has 0 aliphatic carbocycles. The zero-order valence-corrected chi connectivity index (χ0v) is 21.4. The molecule has 0 radical (unpaired) electrons. The highest BCUT2D eigenvalue weighted by molar-refractivity contribution is 5.73. The van der Waals surface area contributed by atoms with Gasteiger partial charge >= 0.3 is 0 Å². The van der Waals surface area contributed by atoms with Crippen molar-refractivity contribution < 1.29 is 79.2 Å². The monoisotopic (exact) mass is 573 g/mol. The number of rotatable bonds is 10. The van der Waals surface area contributed by atoms with Gasteiger partial charge in [0.1, 0.15) is 73.2 Å². The highest BCUT2D eigenvalue weighted by Gasteiger charge is 2.54. The molecule has 3 saturated heterocycles. The van der Waals surface area contributed by atoms with Crippen molar-refractivity contribution >= 4 is 5.91 Å². The van der Waals surface area contributed by atoms with E-state index in [0.29, 0.717) is 0 Å². The fourth-order valence-corrected chi connectivity index (χ4v) is 4.74. The highest BCUT2D eigenvalue weighted by Crippen LogP contribution is 2.33. The normalized spacial score (nSPS) is 47.1. The van der Waals surface area contributed by atoms with Gasteiger partial charge in [-0.05, 0) is 6.92 Å². The van der Waals surface area contributed by atoms with Gasteiger partial charge in [-0.15, -0.1) is 0 Å². The summed E-state index contributed by atoms with van der Waals surface area (Å²) in [6, 6.07) is -1.23. The molecule has 39 heavy (non-hydrogen) atoms. The minimum Gasteiger partial charge on any atom is -0.394 e. The molecule has 0 unspecified atom stereocenters. The van der Waals surface area contributed by atoms with Crippen molar-refractivity contribution in [1.29, 1.82) is 0 Å². The maximum Gasteiger partial charge on any atom is 0.217 e. The molecule has 1 amide bonds. The lowest BCUT2D eigenvalue weighted by Crippen LogP contribution is -2.70. The quantitative estimate of drug-likeness (QED) is 0.116. The Morgan fingerprint density at radius 1 is 0.667 bits per heavy atom. The van der Waals surface area contributed by atoms with E-state index in [9.17, 15) is 50.8 Å². The zero-order chi connectivity index (χ0) is 29.0. The van der Waals surface area contributed by atoms with Gasteiger partial charge in [-0.3, -0.25) is 4.79 Å². The summed E-state index contributed by atoms with van der Waals surface area (Å²) in [5.74, 6) is -0.579. The first kappa shape index (κ1) is 32.4. The molecule has 15 atom stereocenters. The van der Waals surface area contributed by atoms with Gasteiger partial charge in [-0.2, -0.15) is 0 Å². The second kappa shape index (κ2) is 14.2. The van der Waals surface area contributed by atoms with E-state index in [1.54, 1.807) is 6.92 Å². The van der Waals surface area contributed by atoms with Crippen LogP contribution in [0.2, 0.25) is 0 Å². The largest absolute Gasteiger partial charge is 0.394 e. The molecule has 0 spiro atoms. The van der Waals surface area contributed by atoms with E-state index >= 15 is 0 Å². The van der Waals surface area contributed by atoms with Gasteiger partial charge < -0.3 is 79.7 Å². The van der Waals surface area contributed by atoms with Crippen LogP contribution in [0.15, 0.2) is 0 Å². The maximum absolute atomic E-state index is 12.1. The number of aliphatic hydroxyl groups is 9. The molecule has 3 rings (SSSR count). The van der Waals surface area contributed by atoms with Gasteiger partial charge in [0, 0.05) is 13.5 Å². The lowest BCUT2D eigenvalue weighted by molar-refractivity contribution is -0.374. The third-order valence-corrected chi connectivity index (χ3v) is 6.81. The van der Waals surface area contributed by atoms with Crippen LogP contribution in [0.3, 0.4) is 0 Å². The first-order valence-corrected chi connectivity index (χ1v) is 12.6. The van der Waals surface area contributed by atoms with Crippen molar-refractivity contribution in [2.75, 3.05) is 26.4 Å². The summed E-state index contributed by atoms with van der Waals surface area (Å²) in [5, 5.41) is 93.4. The number of nitrogens with one attached hydrogen (secondary N) is 1. The molecular formula is C22H39NO16. The van der Waals surface area contributed by atoms with E-state index in [4.69, 9.17) is 28.4 Å². The van der Waals surface area contributed by atoms with Crippen LogP contribution >= 0.6 is 0 Å². The predicted molar refractivity (Wildman–Crippen MR) is 122 cm³/mol. The highest BCUT2D eigenvalue weighted by atomic mass is 16.8. The number of carbonyl (C=O) groups is 1. The molecule has 3 aliphatic heterocycles. The minimum absolute atomic E-state index is 0.0872. The van der Waals surface area contributed by atoms with Gasteiger partial charge in [-0.1, -0.05) is 0 Å². The van der Waals surface area contributed by atoms with Crippen LogP contribution in [0.1, 0.15) is 13.8 Å². The van der Waals surface area contributed by atoms with E-state index in [1.165, 1.54) is 6.92 Å². The Morgan fingerprint density at radius 3 is 1.51 bits per heavy atom. The number of hydrogen-bond donors (Lipinski definition) is 10. The summed E-state index contributed by atoms with van der Waals surface area (Å²) in [5.41, 5.74) is 0. The smallest absolute Gasteiger partial charge is 0.217 e. The summed E-state index contributed by atoms with van der Waals surface area (Å²) in [7, 11) is 0. The van der Waals surface area contributed by atoms with Crippen molar-refractivity contribution in [2.24, 2.45) is 0 Å². The standard InChI is InChI=1S/C22H39NO16/c1-3-34-20-11(23-7(2)27)19(39-22-17(33)15(31)13(29)9(5-25)36-22)18(10(6-26)37-20)38-21-16(32)14(30)12(28)8(4-24)35-21/h8-22,24-26,28-33H,3-6H2,1-2H3,(H,23,27)/t8-,9-,10+,11+,12-,13-,14-,15-,16+,17+,18+,19+,20+,21-,22-/m0/s1. The third kappa shape index (κ3) is 7.03. The molecule has 17 heteroatoms. The molecule has 17 nitrogen and oxygen atoms in total. The number of ether oxygens (including phenoxy) is 6. The molecule has 0 bridgehead atoms. The van der Waals surface area contributed by atoms with Gasteiger partial charge in [0.15, 0.2) is 18.9 Å². The average Bonchev–Trinajstić information content (AvgIpc) is 2.91. The number of amides is 1. The third-order valence-electron chi connectivity index (χ3n) is 6.81. The summed E-state index contributed by atoms with van der Waals surface area (Å²) >= 11 is 0. The van der Waals surface area contributed by atoms with Crippen LogP contribution in [-0.2, 0) is 33.2 Å². The van der Waals surface area contributed by atoms with Crippen molar-refractivity contribution in [1.82, 2.24) is 5.32 Å². The number of hydrogen-bond acceptors (Lipinski definition) is 16. The molecule has 0 saturated carbocycles. The molecule has 0 aromatic rings. The summed E-state index contributed by atoms with van der Waals surface area (Å²) in [6.45, 7) is 0.670. The van der Waals surface area contributed by atoms with Crippen molar-refractivity contribution in [2.45, 2.75) is 106 Å². The molecular weight excluding hydrogens is 534 g/mol. The Hall–Kier alpha value is -1.13. The molecule has 3 fully saturated rings. The first-order valence-electron chi connectivity index (χ1n) is 12.6. The number of carbonyl (C=O) groups excluding carboxylic acids is 1. The number of aliphatic hydroxyl groups excluding tert-OH is 9. The second-order valence-electron chi connectivity index (χ2n) is 9.50. The van der Waals surface area contributed by atoms with Crippen LogP contribution in [0.5, 0.6) is 0 Å². The molecule has 228 valence electrons. The van der Waals surface area contributed by atoms with E-state index in [2.05, 4.69) is 5.32 Å². The lowest BCUT2D eigenvalue weighted by atomic mass is 9.94. The first-order chi connectivity index (χ1) is 18.5. The Morgan fingerprint density at radius 2 is 1.10 bits per heavy atom. The van der Waals surface area contributed by atoms with Gasteiger partial charge in [-0.25, -0.2) is 0 Å². The van der Waals surface area contributed by atoms with Crippen molar-refractivity contribution in [3.8, 4) is 0 Å². The average molecular weight is 574 g/mol. The van der Waals surface area contributed by atoms with Crippen LogP contribution in [0.25, 0.3) is 0 Å². The topological polar surface area (TPSA) is 267 Å². The van der Waals surface area contributed by atoms with Crippen LogP contribution in [0.4, 0.5) is 0 Å². The van der Waals surface area contributed by atoms with E-state index in [-0.39, 0.29) is 6.61 Å². The van der Waals surface area contributed by atoms with E-state index in [0.717, 1.165) is 0 Å². The maximum atomic E-state index is 12.1. The van der Waals surface area contributed by atoms with Crippen LogP contribution in [-0.4, -0.2) is 170 Å². The fourth-order valence-electron chi connectivity index (χ4n) is 4.74. The summed E-state index contributed by atoms with van der Waals surface area (Å²) < 4.78 is 34.0. The van der Waals surface area contributed by atoms with Crippen molar-refractivity contribution in [3.63, 3.8) is 0 Å². The summed E-state index contributed by atoms with van der Waals surface area (Å²) in [6.07, 6.45) is -22.3. The SMILES string of the molecule is CCO[C@@H]1O[C@H](CO)[C@@H](O[C@@H]2O[C@@H](CO)[C@H](O)[C@H](O)[C@H]2O)[C@H](O[C@@H]2O[C@@H](CO)[C@H](O)[C@H](O)[C@H]2O)[C@H]1NC(C)=O. The van der Waals surface area contributed by atoms with Gasteiger partial charge in [0.05, 0.1) is 19.8 Å². The second-order valence-corrected chi connectivity index (χ2v) is 9.50. The minimum atomic E-state index is -1.85. The predicted octanol–water partition coefficient (Wildman–Crippen LogP) is -6.38. The van der Waals surface area contributed by atoms with Gasteiger partial charge in [0.25, 0.3) is 0 Å². The van der Waals surface area contributed by atoms with Crippen LogP contribution in [0, 0.1) is 0 Å². The molecule has 0 aromatic carbocycles. The van der Waals surface area contributed by atoms with Crippen LogP contribution < -0.4 is 5.32 Å². The molecule has 3 heterocycles. The summed E-state index contributed by atoms with van der Waals surface area (Å²) in [4.78, 5) is 12.1. The fraction of sp³-hybridized carbons (Fsp3) is 0.955. The van der Waals surface area contributed by atoms with E-state index in [1.807, 2.05) is 0 Å². The zero-order valence-electron chi connectivity index (χ0n) is 21.4. The Balaban J connectivity index is 1.98. The Kier molecular flexibility index (Phi) is 11.8. The molecule has 10 N–H and O–H groups in total. The van der Waals surface area contributed by atoms with E-state index < -0.39 is 118 Å². The van der Waals surface area contributed by atoms with Gasteiger partial charge in [0.2, 0.25) is 5.91 Å². The van der Waals surface area contributed by atoms with Crippen molar-refractivity contribution in [3.05, 3.63) is 0 Å². The molecule has 0 aromatic heterocycles. The Bertz CT molecular complexity index is 774. The Labute approximate surface area is 223 Å². The molecule has 3 aliphatic rings. The lowest BCUT2D eigenvalue weighted by Gasteiger charge is -2.50.